The average molecular weight is 340 g/mol. The highest BCUT2D eigenvalue weighted by Gasteiger charge is 2.42. The molecule has 0 radical (unpaired) electrons. The summed E-state index contributed by atoms with van der Waals surface area (Å²) >= 11 is 0. The first-order valence-electron chi connectivity index (χ1n) is 7.68. The Morgan fingerprint density at radius 1 is 1.29 bits per heavy atom. The third kappa shape index (κ3) is 3.20. The van der Waals surface area contributed by atoms with Crippen molar-refractivity contribution in [2.24, 2.45) is 5.92 Å². The number of pyridine rings is 1. The number of aryl methyl sites for hydroxylation is 1. The third-order valence-electron chi connectivity index (χ3n) is 4.30. The first-order chi connectivity index (χ1) is 11.3. The van der Waals surface area contributed by atoms with Crippen molar-refractivity contribution in [1.29, 1.82) is 0 Å². The van der Waals surface area contributed by atoms with Crippen LogP contribution in [-0.4, -0.2) is 35.1 Å². The number of hydrogen-bond acceptors (Lipinski definition) is 2. The fraction of sp³-hybridized carbons (Fsp3) is 0.412. The average Bonchev–Trinajstić information content (AvgIpc) is 2.52. The highest BCUT2D eigenvalue weighted by atomic mass is 19.4. The van der Waals surface area contributed by atoms with Crippen LogP contribution in [0.3, 0.4) is 0 Å². The van der Waals surface area contributed by atoms with Crippen LogP contribution in [0.5, 0.6) is 0 Å². The molecule has 2 aromatic rings. The molecule has 3 rings (SSSR count). The van der Waals surface area contributed by atoms with Gasteiger partial charge in [0.15, 0.2) is 0 Å². The molecular weight excluding hydrogens is 324 g/mol. The Morgan fingerprint density at radius 2 is 2.04 bits per heavy atom. The van der Waals surface area contributed by atoms with E-state index in [1.807, 2.05) is 0 Å². The first kappa shape index (κ1) is 16.7. The summed E-state index contributed by atoms with van der Waals surface area (Å²) in [7, 11) is 0. The van der Waals surface area contributed by atoms with E-state index in [4.69, 9.17) is 0 Å². The molecule has 0 aliphatic carbocycles. The molecule has 1 aliphatic heterocycles. The molecule has 1 aromatic carbocycles. The van der Waals surface area contributed by atoms with Crippen LogP contribution in [0, 0.1) is 18.7 Å². The van der Waals surface area contributed by atoms with Crippen LogP contribution in [0.2, 0.25) is 0 Å². The van der Waals surface area contributed by atoms with Gasteiger partial charge in [0, 0.05) is 30.2 Å². The van der Waals surface area contributed by atoms with Crippen molar-refractivity contribution in [3.63, 3.8) is 0 Å². The molecule has 1 unspecified atom stereocenters. The van der Waals surface area contributed by atoms with Gasteiger partial charge in [0.1, 0.15) is 5.82 Å². The number of carbonyl (C=O) groups excluding carboxylic acids is 1. The Balaban J connectivity index is 1.96. The summed E-state index contributed by atoms with van der Waals surface area (Å²) in [5.74, 6) is -2.44. The van der Waals surface area contributed by atoms with Crippen molar-refractivity contribution >= 4 is 16.8 Å². The van der Waals surface area contributed by atoms with E-state index in [9.17, 15) is 22.4 Å². The zero-order valence-electron chi connectivity index (χ0n) is 13.0. The molecule has 24 heavy (non-hydrogen) atoms. The van der Waals surface area contributed by atoms with Gasteiger partial charge in [0.25, 0.3) is 5.91 Å². The Morgan fingerprint density at radius 3 is 2.75 bits per heavy atom. The number of piperidine rings is 1. The molecule has 1 amide bonds. The minimum absolute atomic E-state index is 0.0363. The van der Waals surface area contributed by atoms with Crippen molar-refractivity contribution < 1.29 is 22.4 Å². The second kappa shape index (κ2) is 6.03. The molecule has 1 saturated heterocycles. The SMILES string of the molecule is Cc1cc(C(=O)N2CCCC(C(F)(F)F)C2)c2ccc(F)cc2n1. The number of likely N-dealkylation sites (tertiary alicyclic amines) is 1. The predicted octanol–water partition coefficient (Wildman–Crippen LogP) is 4.10. The zero-order valence-corrected chi connectivity index (χ0v) is 13.0. The highest BCUT2D eigenvalue weighted by molar-refractivity contribution is 6.06. The molecule has 2 heterocycles. The molecule has 128 valence electrons. The van der Waals surface area contributed by atoms with Crippen molar-refractivity contribution in [3.8, 4) is 0 Å². The monoisotopic (exact) mass is 340 g/mol. The van der Waals surface area contributed by atoms with Gasteiger partial charge in [-0.3, -0.25) is 9.78 Å². The van der Waals surface area contributed by atoms with Gasteiger partial charge in [-0.15, -0.1) is 0 Å². The minimum atomic E-state index is -4.31. The Hall–Kier alpha value is -2.18. The van der Waals surface area contributed by atoms with E-state index in [0.29, 0.717) is 23.0 Å². The molecule has 1 aromatic heterocycles. The van der Waals surface area contributed by atoms with E-state index < -0.39 is 23.8 Å². The Labute approximate surface area is 136 Å². The number of carbonyl (C=O) groups is 1. The lowest BCUT2D eigenvalue weighted by molar-refractivity contribution is -0.184. The minimum Gasteiger partial charge on any atom is -0.338 e. The van der Waals surface area contributed by atoms with Crippen LogP contribution in [0.1, 0.15) is 28.9 Å². The highest BCUT2D eigenvalue weighted by Crippen LogP contribution is 2.34. The predicted molar refractivity (Wildman–Crippen MR) is 81.1 cm³/mol. The third-order valence-corrected chi connectivity index (χ3v) is 4.30. The van der Waals surface area contributed by atoms with Gasteiger partial charge in [-0.2, -0.15) is 13.2 Å². The molecule has 1 atom stereocenters. The smallest absolute Gasteiger partial charge is 0.338 e. The van der Waals surface area contributed by atoms with Gasteiger partial charge in [-0.05, 0) is 38.0 Å². The summed E-state index contributed by atoms with van der Waals surface area (Å²) in [5, 5.41) is 0.445. The summed E-state index contributed by atoms with van der Waals surface area (Å²) in [6.45, 7) is 1.61. The number of fused-ring (bicyclic) bond motifs is 1. The number of halogens is 4. The molecule has 0 spiro atoms. The molecule has 0 bridgehead atoms. The van der Waals surface area contributed by atoms with Crippen molar-refractivity contribution in [1.82, 2.24) is 9.88 Å². The number of aromatic nitrogens is 1. The van der Waals surface area contributed by atoms with E-state index in [1.165, 1.54) is 23.1 Å². The van der Waals surface area contributed by atoms with E-state index in [0.717, 1.165) is 0 Å². The maximum atomic E-state index is 13.4. The molecule has 0 saturated carbocycles. The topological polar surface area (TPSA) is 33.2 Å². The summed E-state index contributed by atoms with van der Waals surface area (Å²) < 4.78 is 52.2. The van der Waals surface area contributed by atoms with Gasteiger partial charge >= 0.3 is 6.18 Å². The molecule has 0 N–H and O–H groups in total. The summed E-state index contributed by atoms with van der Waals surface area (Å²) in [4.78, 5) is 18.2. The molecule has 3 nitrogen and oxygen atoms in total. The summed E-state index contributed by atoms with van der Waals surface area (Å²) in [5.41, 5.74) is 1.10. The molecule has 1 aliphatic rings. The second-order valence-corrected chi connectivity index (χ2v) is 6.10. The van der Waals surface area contributed by atoms with E-state index in [1.54, 1.807) is 13.0 Å². The molecular formula is C17H16F4N2O. The zero-order chi connectivity index (χ0) is 17.5. The number of alkyl halides is 3. The number of hydrogen-bond donors (Lipinski definition) is 0. The van der Waals surface area contributed by atoms with Crippen molar-refractivity contribution in [2.45, 2.75) is 25.9 Å². The van der Waals surface area contributed by atoms with E-state index >= 15 is 0 Å². The van der Waals surface area contributed by atoms with Crippen LogP contribution >= 0.6 is 0 Å². The largest absolute Gasteiger partial charge is 0.393 e. The van der Waals surface area contributed by atoms with Gasteiger partial charge in [-0.25, -0.2) is 4.39 Å². The lowest BCUT2D eigenvalue weighted by Gasteiger charge is -2.34. The first-order valence-corrected chi connectivity index (χ1v) is 7.68. The van der Waals surface area contributed by atoms with E-state index in [2.05, 4.69) is 4.98 Å². The number of benzene rings is 1. The fourth-order valence-electron chi connectivity index (χ4n) is 3.11. The van der Waals surface area contributed by atoms with Gasteiger partial charge in [-0.1, -0.05) is 0 Å². The molecule has 7 heteroatoms. The summed E-state index contributed by atoms with van der Waals surface area (Å²) in [6.07, 6.45) is -3.96. The van der Waals surface area contributed by atoms with E-state index in [-0.39, 0.29) is 25.1 Å². The van der Waals surface area contributed by atoms with Crippen LogP contribution in [0.25, 0.3) is 10.9 Å². The standard InChI is InChI=1S/C17H16F4N2O/c1-10-7-14(13-5-4-12(18)8-15(13)22-10)16(24)23-6-2-3-11(9-23)17(19,20)21/h4-5,7-8,11H,2-3,6,9H2,1H3. The van der Waals surface area contributed by atoms with Crippen LogP contribution in [-0.2, 0) is 0 Å². The number of nitrogens with zero attached hydrogens (tertiary/aromatic N) is 2. The van der Waals surface area contributed by atoms with Crippen molar-refractivity contribution in [2.75, 3.05) is 13.1 Å². The number of amides is 1. The van der Waals surface area contributed by atoms with Crippen molar-refractivity contribution in [3.05, 3.63) is 41.3 Å². The Kier molecular flexibility index (Phi) is 4.19. The van der Waals surface area contributed by atoms with Gasteiger partial charge in [0.2, 0.25) is 0 Å². The number of rotatable bonds is 1. The molecule has 1 fully saturated rings. The van der Waals surface area contributed by atoms with Crippen LogP contribution in [0.4, 0.5) is 17.6 Å². The maximum absolute atomic E-state index is 13.4. The lowest BCUT2D eigenvalue weighted by atomic mass is 9.96. The van der Waals surface area contributed by atoms with Crippen LogP contribution in [0.15, 0.2) is 24.3 Å². The maximum Gasteiger partial charge on any atom is 0.393 e. The quantitative estimate of drug-likeness (QED) is 0.733. The van der Waals surface area contributed by atoms with Gasteiger partial charge < -0.3 is 4.90 Å². The van der Waals surface area contributed by atoms with Crippen LogP contribution < -0.4 is 0 Å². The Bertz CT molecular complexity index is 783. The lowest BCUT2D eigenvalue weighted by Crippen LogP contribution is -2.44. The van der Waals surface area contributed by atoms with Gasteiger partial charge in [0.05, 0.1) is 17.0 Å². The fourth-order valence-corrected chi connectivity index (χ4v) is 3.11. The second-order valence-electron chi connectivity index (χ2n) is 6.10. The summed E-state index contributed by atoms with van der Waals surface area (Å²) in [6, 6.07) is 5.41. The normalized spacial score (nSPS) is 18.9.